The fourth-order valence-electron chi connectivity index (χ4n) is 1.84. The van der Waals surface area contributed by atoms with Gasteiger partial charge < -0.3 is 10.2 Å². The number of nitrogens with one attached hydrogen (secondary N) is 2. The zero-order chi connectivity index (χ0) is 15.7. The van der Waals surface area contributed by atoms with E-state index in [0.717, 1.165) is 5.69 Å². The van der Waals surface area contributed by atoms with Crippen molar-refractivity contribution >= 4 is 18.4 Å². The minimum atomic E-state index is -0.220. The van der Waals surface area contributed by atoms with Crippen LogP contribution >= 0.6 is 12.2 Å². The predicted octanol–water partition coefficient (Wildman–Crippen LogP) is 1.93. The SMILES string of the molecule is Cc1cc(-c2n[nH]c(=S)n2/N=C/c2ccc(O)c(O)c2)n[nH]1. The van der Waals surface area contributed by atoms with Crippen LogP contribution in [0.2, 0.25) is 0 Å². The van der Waals surface area contributed by atoms with Crippen LogP contribution in [-0.4, -0.2) is 41.5 Å². The Bertz CT molecular complexity index is 907. The molecule has 0 atom stereocenters. The zero-order valence-corrected chi connectivity index (χ0v) is 12.3. The molecule has 8 nitrogen and oxygen atoms in total. The number of H-pyrrole nitrogens is 2. The van der Waals surface area contributed by atoms with Crippen molar-refractivity contribution in [2.75, 3.05) is 0 Å². The number of rotatable bonds is 3. The lowest BCUT2D eigenvalue weighted by Crippen LogP contribution is -1.95. The Kier molecular flexibility index (Phi) is 3.47. The van der Waals surface area contributed by atoms with E-state index in [4.69, 9.17) is 12.2 Å². The summed E-state index contributed by atoms with van der Waals surface area (Å²) in [6.07, 6.45) is 1.49. The van der Waals surface area contributed by atoms with Gasteiger partial charge in [0.1, 0.15) is 5.69 Å². The maximum Gasteiger partial charge on any atom is 0.216 e. The molecule has 2 heterocycles. The molecule has 0 spiro atoms. The van der Waals surface area contributed by atoms with E-state index in [-0.39, 0.29) is 11.5 Å². The number of phenolic OH excluding ortho intramolecular Hbond substituents is 2. The van der Waals surface area contributed by atoms with Crippen LogP contribution in [0.1, 0.15) is 11.3 Å². The Morgan fingerprint density at radius 3 is 2.68 bits per heavy atom. The lowest BCUT2D eigenvalue weighted by Gasteiger charge is -1.99. The Hall–Kier alpha value is -2.94. The fourth-order valence-corrected chi connectivity index (χ4v) is 2.02. The maximum absolute atomic E-state index is 9.48. The molecule has 0 saturated heterocycles. The third-order valence-corrected chi connectivity index (χ3v) is 3.17. The second-order valence-electron chi connectivity index (χ2n) is 4.59. The molecular formula is C13H12N6O2S. The van der Waals surface area contributed by atoms with Gasteiger partial charge in [0.05, 0.1) is 6.21 Å². The average Bonchev–Trinajstić information content (AvgIpc) is 3.06. The molecule has 0 fully saturated rings. The predicted molar refractivity (Wildman–Crippen MR) is 82.5 cm³/mol. The number of phenols is 2. The van der Waals surface area contributed by atoms with E-state index in [1.807, 2.05) is 13.0 Å². The van der Waals surface area contributed by atoms with Crippen LogP contribution in [0.5, 0.6) is 11.5 Å². The van der Waals surface area contributed by atoms with Crippen LogP contribution in [0.25, 0.3) is 11.5 Å². The maximum atomic E-state index is 9.48. The average molecular weight is 316 g/mol. The Balaban J connectivity index is 1.98. The van der Waals surface area contributed by atoms with E-state index in [0.29, 0.717) is 21.9 Å². The fraction of sp³-hybridized carbons (Fsp3) is 0.0769. The molecule has 9 heteroatoms. The van der Waals surface area contributed by atoms with Crippen LogP contribution in [0, 0.1) is 11.7 Å². The summed E-state index contributed by atoms with van der Waals surface area (Å²) >= 11 is 5.15. The highest BCUT2D eigenvalue weighted by Gasteiger charge is 2.11. The number of benzene rings is 1. The van der Waals surface area contributed by atoms with Crippen LogP contribution in [-0.2, 0) is 0 Å². The van der Waals surface area contributed by atoms with Crippen LogP contribution < -0.4 is 0 Å². The van der Waals surface area contributed by atoms with Crippen molar-refractivity contribution in [3.8, 4) is 23.0 Å². The molecule has 0 aliphatic heterocycles. The van der Waals surface area contributed by atoms with Crippen molar-refractivity contribution in [3.05, 3.63) is 40.3 Å². The lowest BCUT2D eigenvalue weighted by molar-refractivity contribution is 0.403. The van der Waals surface area contributed by atoms with E-state index in [9.17, 15) is 10.2 Å². The number of nitrogens with zero attached hydrogens (tertiary/aromatic N) is 4. The molecule has 4 N–H and O–H groups in total. The second-order valence-corrected chi connectivity index (χ2v) is 4.98. The zero-order valence-electron chi connectivity index (χ0n) is 11.5. The van der Waals surface area contributed by atoms with E-state index in [1.54, 1.807) is 6.07 Å². The first-order valence-corrected chi connectivity index (χ1v) is 6.71. The number of aryl methyl sites for hydroxylation is 1. The number of aromatic nitrogens is 5. The molecule has 0 aliphatic rings. The molecule has 3 rings (SSSR count). The monoisotopic (exact) mass is 316 g/mol. The third kappa shape index (κ3) is 2.61. The highest BCUT2D eigenvalue weighted by molar-refractivity contribution is 7.71. The van der Waals surface area contributed by atoms with E-state index >= 15 is 0 Å². The van der Waals surface area contributed by atoms with Gasteiger partial charge in [-0.05, 0) is 49.0 Å². The third-order valence-electron chi connectivity index (χ3n) is 2.91. The summed E-state index contributed by atoms with van der Waals surface area (Å²) in [7, 11) is 0. The summed E-state index contributed by atoms with van der Waals surface area (Å²) in [5.41, 5.74) is 2.10. The van der Waals surface area contributed by atoms with Crippen LogP contribution in [0.3, 0.4) is 0 Å². The standard InChI is InChI=1S/C13H12N6O2S/c1-7-4-9(16-15-7)12-17-18-13(22)19(12)14-6-8-2-3-10(20)11(21)5-8/h2-6,20-21H,1H3,(H,15,16)(H,18,22)/b14-6+. The minimum Gasteiger partial charge on any atom is -0.504 e. The van der Waals surface area contributed by atoms with Crippen molar-refractivity contribution in [1.82, 2.24) is 25.1 Å². The summed E-state index contributed by atoms with van der Waals surface area (Å²) < 4.78 is 1.74. The van der Waals surface area contributed by atoms with Crippen molar-refractivity contribution in [1.29, 1.82) is 0 Å². The second kappa shape index (κ2) is 5.45. The van der Waals surface area contributed by atoms with Gasteiger partial charge in [-0.1, -0.05) is 0 Å². The number of aromatic hydroxyl groups is 2. The van der Waals surface area contributed by atoms with E-state index in [1.165, 1.54) is 23.0 Å². The van der Waals surface area contributed by atoms with E-state index in [2.05, 4.69) is 25.5 Å². The minimum absolute atomic E-state index is 0.190. The van der Waals surface area contributed by atoms with Gasteiger partial charge >= 0.3 is 0 Å². The van der Waals surface area contributed by atoms with Gasteiger partial charge in [0.2, 0.25) is 10.6 Å². The normalized spacial score (nSPS) is 11.3. The van der Waals surface area contributed by atoms with Gasteiger partial charge in [-0.2, -0.15) is 20.0 Å². The molecule has 112 valence electrons. The summed E-state index contributed by atoms with van der Waals surface area (Å²) in [5, 5.41) is 36.7. The van der Waals surface area contributed by atoms with Crippen molar-refractivity contribution in [2.45, 2.75) is 6.92 Å². The molecule has 0 bridgehead atoms. The molecule has 1 aromatic carbocycles. The van der Waals surface area contributed by atoms with Crippen molar-refractivity contribution in [2.24, 2.45) is 5.10 Å². The molecule has 0 saturated carbocycles. The van der Waals surface area contributed by atoms with Gasteiger partial charge in [-0.3, -0.25) is 5.10 Å². The first kappa shape index (κ1) is 14.0. The Labute approximate surface area is 129 Å². The Morgan fingerprint density at radius 1 is 1.18 bits per heavy atom. The molecule has 0 unspecified atom stereocenters. The van der Waals surface area contributed by atoms with Crippen LogP contribution in [0.15, 0.2) is 29.4 Å². The van der Waals surface area contributed by atoms with Crippen LogP contribution in [0.4, 0.5) is 0 Å². The molecule has 22 heavy (non-hydrogen) atoms. The lowest BCUT2D eigenvalue weighted by atomic mass is 10.2. The van der Waals surface area contributed by atoms with Crippen molar-refractivity contribution in [3.63, 3.8) is 0 Å². The number of aromatic amines is 2. The molecule has 3 aromatic rings. The van der Waals surface area contributed by atoms with Gasteiger partial charge in [0.25, 0.3) is 0 Å². The first-order valence-electron chi connectivity index (χ1n) is 6.31. The molecule has 0 radical (unpaired) electrons. The summed E-state index contributed by atoms with van der Waals surface area (Å²) in [5.74, 6) is 0.0567. The highest BCUT2D eigenvalue weighted by Crippen LogP contribution is 2.24. The van der Waals surface area contributed by atoms with E-state index < -0.39 is 0 Å². The molecule has 0 aliphatic carbocycles. The molecule has 2 aromatic heterocycles. The quantitative estimate of drug-likeness (QED) is 0.335. The smallest absolute Gasteiger partial charge is 0.216 e. The number of hydrogen-bond donors (Lipinski definition) is 4. The number of hydrogen-bond acceptors (Lipinski definition) is 6. The van der Waals surface area contributed by atoms with Crippen molar-refractivity contribution < 1.29 is 10.2 Å². The van der Waals surface area contributed by atoms with Gasteiger partial charge in [0.15, 0.2) is 11.5 Å². The molecule has 0 amide bonds. The summed E-state index contributed by atoms with van der Waals surface area (Å²) in [6.45, 7) is 1.88. The highest BCUT2D eigenvalue weighted by atomic mass is 32.1. The Morgan fingerprint density at radius 2 is 2.00 bits per heavy atom. The first-order chi connectivity index (χ1) is 10.5. The van der Waals surface area contributed by atoms with Gasteiger partial charge in [-0.15, -0.1) is 0 Å². The topological polar surface area (TPSA) is 115 Å². The van der Waals surface area contributed by atoms with Gasteiger partial charge in [0, 0.05) is 5.69 Å². The largest absolute Gasteiger partial charge is 0.504 e. The summed E-state index contributed by atoms with van der Waals surface area (Å²) in [4.78, 5) is 0. The summed E-state index contributed by atoms with van der Waals surface area (Å²) in [6, 6.07) is 6.20. The molecular weight excluding hydrogens is 304 g/mol. The van der Waals surface area contributed by atoms with Gasteiger partial charge in [-0.25, -0.2) is 5.10 Å².